The molecule has 0 atom stereocenters. The number of pyridine rings is 1. The van der Waals surface area contributed by atoms with E-state index in [4.69, 9.17) is 11.6 Å². The van der Waals surface area contributed by atoms with Gasteiger partial charge in [-0.2, -0.15) is 0 Å². The minimum Gasteiger partial charge on any atom is -0.340 e. The fraction of sp³-hybridized carbons (Fsp3) is 0. The van der Waals surface area contributed by atoms with Crippen molar-refractivity contribution >= 4 is 34.2 Å². The summed E-state index contributed by atoms with van der Waals surface area (Å²) in [5.41, 5.74) is 0. The molecule has 0 N–H and O–H groups in total. The summed E-state index contributed by atoms with van der Waals surface area (Å²) in [5.74, 6) is -2.32. The van der Waals surface area contributed by atoms with E-state index in [2.05, 4.69) is 4.98 Å². The van der Waals surface area contributed by atoms with E-state index in [1.807, 2.05) is 6.07 Å². The van der Waals surface area contributed by atoms with Gasteiger partial charge in [0.1, 0.15) is 5.95 Å². The second-order valence-corrected chi connectivity index (χ2v) is 2.85. The molecule has 54 valence electrons. The molecule has 0 aromatic carbocycles. The number of aromatic nitrogens is 1. The maximum atomic E-state index is 12.2. The summed E-state index contributed by atoms with van der Waals surface area (Å²) in [6.45, 7) is 0. The van der Waals surface area contributed by atoms with Crippen molar-refractivity contribution < 1.29 is 27.6 Å². The van der Waals surface area contributed by atoms with Crippen molar-refractivity contribution in [3.8, 4) is 0 Å². The van der Waals surface area contributed by atoms with Crippen molar-refractivity contribution in [2.75, 3.05) is 0 Å². The Morgan fingerprint density at radius 1 is 1.45 bits per heavy atom. The zero-order valence-corrected chi connectivity index (χ0v) is 8.37. The fourth-order valence-electron chi connectivity index (χ4n) is 0.384. The molecule has 1 aromatic rings. The summed E-state index contributed by atoms with van der Waals surface area (Å²) >= 11 is 7.04. The van der Waals surface area contributed by atoms with Crippen LogP contribution in [-0.2, 0) is 0 Å². The molecule has 0 amide bonds. The van der Waals surface area contributed by atoms with E-state index < -0.39 is 11.8 Å². The van der Waals surface area contributed by atoms with Crippen LogP contribution in [0.4, 0.5) is 8.78 Å². The van der Waals surface area contributed by atoms with Gasteiger partial charge in [0.25, 0.3) is 0 Å². The van der Waals surface area contributed by atoms with Crippen molar-refractivity contribution in [3.05, 3.63) is 26.6 Å². The summed E-state index contributed by atoms with van der Waals surface area (Å²) in [6, 6.07) is 1.96. The van der Waals surface area contributed by atoms with Crippen LogP contribution in [0, 0.1) is 21.5 Å². The minimum absolute atomic E-state index is 0. The molecule has 0 radical (unpaired) electrons. The van der Waals surface area contributed by atoms with E-state index in [1.165, 1.54) is 0 Å². The molecular weight excluding hydrogens is 281 g/mol. The molecule has 0 aliphatic rings. The molecule has 0 saturated heterocycles. The number of hydrogen-bond donors (Lipinski definition) is 0. The molecule has 1 rings (SSSR count). The first-order chi connectivity index (χ1) is 4.61. The predicted octanol–water partition coefficient (Wildman–Crippen LogP) is -0.578. The summed E-state index contributed by atoms with van der Waals surface area (Å²) < 4.78 is 24.6. The van der Waals surface area contributed by atoms with Gasteiger partial charge in [-0.3, -0.25) is 4.39 Å². The number of halogens is 4. The molecule has 6 heteroatoms. The molecule has 1 heterocycles. The Labute approximate surface area is 92.8 Å². The van der Waals surface area contributed by atoms with Crippen LogP contribution in [0.15, 0.2) is 0 Å². The van der Waals surface area contributed by atoms with Crippen molar-refractivity contribution in [2.24, 2.45) is 0 Å². The molecule has 0 fully saturated rings. The summed E-state index contributed by atoms with van der Waals surface area (Å²) in [4.78, 5) is 3.15. The normalized spacial score (nSPS) is 9.09. The standard InChI is InChI=1S/C5ClF2IN.Li/c6-2-1-3(7)4(8)10-5(2)9;/q-1;+1. The second-order valence-electron chi connectivity index (χ2n) is 1.45. The zero-order chi connectivity index (χ0) is 7.72. The maximum Gasteiger partial charge on any atom is 1.00 e. The first-order valence-corrected chi connectivity index (χ1v) is 3.66. The first-order valence-electron chi connectivity index (χ1n) is 2.20. The van der Waals surface area contributed by atoms with Gasteiger partial charge in [-0.05, 0) is 5.02 Å². The SMILES string of the molecule is Fc1[c-]c(Cl)c(I)nc1F.[Li+]. The van der Waals surface area contributed by atoms with Gasteiger partial charge >= 0.3 is 18.9 Å². The van der Waals surface area contributed by atoms with Crippen LogP contribution in [0.5, 0.6) is 0 Å². The molecule has 0 spiro atoms. The fourth-order valence-corrected chi connectivity index (χ4v) is 0.856. The molecule has 0 aliphatic heterocycles. The Morgan fingerprint density at radius 2 is 2.00 bits per heavy atom. The van der Waals surface area contributed by atoms with Crippen molar-refractivity contribution in [2.45, 2.75) is 0 Å². The molecule has 0 saturated carbocycles. The van der Waals surface area contributed by atoms with Crippen LogP contribution in [0.1, 0.15) is 0 Å². The van der Waals surface area contributed by atoms with Crippen molar-refractivity contribution in [1.29, 1.82) is 0 Å². The predicted molar refractivity (Wildman–Crippen MR) is 40.7 cm³/mol. The third-order valence-corrected chi connectivity index (χ3v) is 2.15. The van der Waals surface area contributed by atoms with Gasteiger partial charge in [-0.25, -0.2) is 4.39 Å². The Morgan fingerprint density at radius 3 is 2.45 bits per heavy atom. The van der Waals surface area contributed by atoms with E-state index in [0.29, 0.717) is 0 Å². The van der Waals surface area contributed by atoms with Gasteiger partial charge in [0.05, 0.1) is 5.82 Å². The summed E-state index contributed by atoms with van der Waals surface area (Å²) in [5, 5.41) is -0.000463. The van der Waals surface area contributed by atoms with Crippen LogP contribution in [0.25, 0.3) is 0 Å². The van der Waals surface area contributed by atoms with Gasteiger partial charge < -0.3 is 4.98 Å². The van der Waals surface area contributed by atoms with Gasteiger partial charge in [0, 0.05) is 3.70 Å². The van der Waals surface area contributed by atoms with Gasteiger partial charge in [0.15, 0.2) is 0 Å². The Hall–Kier alpha value is 0.627. The van der Waals surface area contributed by atoms with E-state index in [0.717, 1.165) is 0 Å². The summed E-state index contributed by atoms with van der Waals surface area (Å²) in [6.07, 6.45) is 0. The van der Waals surface area contributed by atoms with Gasteiger partial charge in [-0.15, -0.1) is 40.3 Å². The van der Waals surface area contributed by atoms with Crippen molar-refractivity contribution in [1.82, 2.24) is 4.98 Å². The number of rotatable bonds is 0. The Balaban J connectivity index is 0.000001000. The third kappa shape index (κ3) is 2.86. The van der Waals surface area contributed by atoms with E-state index in [-0.39, 0.29) is 27.6 Å². The zero-order valence-electron chi connectivity index (χ0n) is 5.46. The van der Waals surface area contributed by atoms with Gasteiger partial charge in [0.2, 0.25) is 0 Å². The van der Waals surface area contributed by atoms with Crippen LogP contribution in [-0.4, -0.2) is 4.98 Å². The topological polar surface area (TPSA) is 12.9 Å². The average Bonchev–Trinajstić information content (AvgIpc) is 1.84. The van der Waals surface area contributed by atoms with Gasteiger partial charge in [-0.1, -0.05) is 0 Å². The first kappa shape index (κ1) is 11.6. The third-order valence-electron chi connectivity index (χ3n) is 0.778. The average molecular weight is 281 g/mol. The van der Waals surface area contributed by atoms with Crippen LogP contribution in [0.3, 0.4) is 0 Å². The second kappa shape index (κ2) is 4.60. The molecule has 1 nitrogen and oxygen atoms in total. The smallest absolute Gasteiger partial charge is 0.340 e. The molecule has 0 unspecified atom stereocenters. The maximum absolute atomic E-state index is 12.2. The van der Waals surface area contributed by atoms with E-state index >= 15 is 0 Å². The Kier molecular flexibility index (Phi) is 4.87. The van der Waals surface area contributed by atoms with Crippen molar-refractivity contribution in [3.63, 3.8) is 0 Å². The molecule has 11 heavy (non-hydrogen) atoms. The number of nitrogens with zero attached hydrogens (tertiary/aromatic N) is 1. The Bertz CT molecular complexity index is 221. The molecule has 1 aromatic heterocycles. The van der Waals surface area contributed by atoms with Crippen LogP contribution < -0.4 is 18.9 Å². The number of hydrogen-bond acceptors (Lipinski definition) is 1. The van der Waals surface area contributed by atoms with E-state index in [9.17, 15) is 8.78 Å². The molecular formula is C5ClF2ILiN. The monoisotopic (exact) mass is 281 g/mol. The minimum atomic E-state index is -1.17. The molecule has 0 bridgehead atoms. The summed E-state index contributed by atoms with van der Waals surface area (Å²) in [7, 11) is 0. The van der Waals surface area contributed by atoms with Crippen LogP contribution >= 0.6 is 34.2 Å². The largest absolute Gasteiger partial charge is 1.00 e. The van der Waals surface area contributed by atoms with Crippen LogP contribution in [0.2, 0.25) is 5.02 Å². The quantitative estimate of drug-likeness (QED) is 0.268. The van der Waals surface area contributed by atoms with E-state index in [1.54, 1.807) is 22.6 Å². The molecule has 0 aliphatic carbocycles.